The van der Waals surface area contributed by atoms with Crippen LogP contribution in [0.2, 0.25) is 0 Å². The third-order valence-corrected chi connectivity index (χ3v) is 5.08. The second kappa shape index (κ2) is 8.69. The van der Waals surface area contributed by atoms with Crippen molar-refractivity contribution in [1.82, 2.24) is 0 Å². The highest BCUT2D eigenvalue weighted by atomic mass is 32.2. The molecule has 3 aromatic rings. The number of furan rings is 1. The van der Waals surface area contributed by atoms with Gasteiger partial charge in [-0.05, 0) is 55.8 Å². The van der Waals surface area contributed by atoms with Gasteiger partial charge < -0.3 is 9.15 Å². The maximum absolute atomic E-state index is 13.3. The van der Waals surface area contributed by atoms with Gasteiger partial charge in [-0.25, -0.2) is 8.42 Å². The standard InChI is InChI=1S/C22H25NO5S/c1-4-6-7-20-21(22(24)15-8-11-17(12-9-15)27-5-2)18-14-16(23-29(3,25)26)10-13-19(18)28-20/h8-14,23H,4-7H2,1-3H3. The van der Waals surface area contributed by atoms with Gasteiger partial charge in [-0.2, -0.15) is 0 Å². The highest BCUT2D eigenvalue weighted by Gasteiger charge is 2.22. The summed E-state index contributed by atoms with van der Waals surface area (Å²) in [5.41, 5.74) is 1.96. The van der Waals surface area contributed by atoms with Gasteiger partial charge in [-0.15, -0.1) is 0 Å². The van der Waals surface area contributed by atoms with Crippen molar-refractivity contribution in [3.8, 4) is 5.75 Å². The van der Waals surface area contributed by atoms with Crippen molar-refractivity contribution in [3.05, 3.63) is 59.4 Å². The fourth-order valence-corrected chi connectivity index (χ4v) is 3.76. The van der Waals surface area contributed by atoms with Crippen molar-refractivity contribution in [3.63, 3.8) is 0 Å². The van der Waals surface area contributed by atoms with Gasteiger partial charge in [-0.1, -0.05) is 13.3 Å². The normalized spacial score (nSPS) is 11.6. The molecule has 0 radical (unpaired) electrons. The Labute approximate surface area is 170 Å². The van der Waals surface area contributed by atoms with E-state index in [0.717, 1.165) is 19.1 Å². The molecule has 3 rings (SSSR count). The fraction of sp³-hybridized carbons (Fsp3) is 0.318. The summed E-state index contributed by atoms with van der Waals surface area (Å²) in [6.07, 6.45) is 3.58. The van der Waals surface area contributed by atoms with Crippen molar-refractivity contribution in [1.29, 1.82) is 0 Å². The molecule has 0 aliphatic heterocycles. The number of rotatable bonds is 9. The van der Waals surface area contributed by atoms with Crippen LogP contribution in [-0.2, 0) is 16.4 Å². The SMILES string of the molecule is CCCCc1oc2ccc(NS(C)(=O)=O)cc2c1C(=O)c1ccc(OCC)cc1. The van der Waals surface area contributed by atoms with E-state index in [4.69, 9.17) is 9.15 Å². The molecule has 1 N–H and O–H groups in total. The Hall–Kier alpha value is -2.80. The lowest BCUT2D eigenvalue weighted by Crippen LogP contribution is -2.09. The number of nitrogens with one attached hydrogen (secondary N) is 1. The quantitative estimate of drug-likeness (QED) is 0.509. The van der Waals surface area contributed by atoms with Crippen LogP contribution in [0.4, 0.5) is 5.69 Å². The molecule has 0 aliphatic rings. The second-order valence-electron chi connectivity index (χ2n) is 6.88. The summed E-state index contributed by atoms with van der Waals surface area (Å²) >= 11 is 0. The zero-order valence-electron chi connectivity index (χ0n) is 16.8. The van der Waals surface area contributed by atoms with Gasteiger partial charge in [-0.3, -0.25) is 9.52 Å². The number of unbranched alkanes of at least 4 members (excludes halogenated alkanes) is 1. The lowest BCUT2D eigenvalue weighted by Gasteiger charge is -2.06. The summed E-state index contributed by atoms with van der Waals surface area (Å²) in [7, 11) is -3.43. The molecule has 0 saturated heterocycles. The Morgan fingerprint density at radius 3 is 2.45 bits per heavy atom. The minimum atomic E-state index is -3.43. The molecule has 0 saturated carbocycles. The maximum atomic E-state index is 13.3. The summed E-state index contributed by atoms with van der Waals surface area (Å²) in [6, 6.07) is 12.0. The van der Waals surface area contributed by atoms with Crippen LogP contribution in [0.1, 0.15) is 48.4 Å². The van der Waals surface area contributed by atoms with E-state index in [9.17, 15) is 13.2 Å². The molecule has 1 heterocycles. The minimum absolute atomic E-state index is 0.158. The molecule has 7 heteroatoms. The van der Waals surface area contributed by atoms with Crippen LogP contribution in [0.3, 0.4) is 0 Å². The summed E-state index contributed by atoms with van der Waals surface area (Å²) in [6.45, 7) is 4.53. The monoisotopic (exact) mass is 415 g/mol. The number of benzene rings is 2. The molecule has 0 fully saturated rings. The Morgan fingerprint density at radius 1 is 1.10 bits per heavy atom. The van der Waals surface area contributed by atoms with Crippen molar-refractivity contribution in [2.45, 2.75) is 33.1 Å². The number of anilines is 1. The number of carbonyl (C=O) groups is 1. The molecule has 2 aromatic carbocycles. The largest absolute Gasteiger partial charge is 0.494 e. The van der Waals surface area contributed by atoms with Gasteiger partial charge >= 0.3 is 0 Å². The topological polar surface area (TPSA) is 85.6 Å². The smallest absolute Gasteiger partial charge is 0.229 e. The van der Waals surface area contributed by atoms with Crippen LogP contribution in [0, 0.1) is 0 Å². The number of ketones is 1. The van der Waals surface area contributed by atoms with Gasteiger partial charge in [0.2, 0.25) is 10.0 Å². The maximum Gasteiger partial charge on any atom is 0.229 e. The van der Waals surface area contributed by atoms with E-state index < -0.39 is 10.0 Å². The number of hydrogen-bond acceptors (Lipinski definition) is 5. The van der Waals surface area contributed by atoms with Crippen molar-refractivity contribution < 1.29 is 22.4 Å². The number of fused-ring (bicyclic) bond motifs is 1. The van der Waals surface area contributed by atoms with Crippen LogP contribution in [0.5, 0.6) is 5.75 Å². The number of hydrogen-bond donors (Lipinski definition) is 1. The van der Waals surface area contributed by atoms with Crippen LogP contribution < -0.4 is 9.46 Å². The average molecular weight is 416 g/mol. The highest BCUT2D eigenvalue weighted by Crippen LogP contribution is 2.32. The lowest BCUT2D eigenvalue weighted by molar-refractivity contribution is 0.103. The predicted octanol–water partition coefficient (Wildman–Crippen LogP) is 4.78. The molecule has 0 aliphatic carbocycles. The summed E-state index contributed by atoms with van der Waals surface area (Å²) in [5, 5.41) is 0.601. The number of sulfonamides is 1. The fourth-order valence-electron chi connectivity index (χ4n) is 3.20. The molecule has 0 unspecified atom stereocenters. The molecule has 154 valence electrons. The molecule has 29 heavy (non-hydrogen) atoms. The first-order valence-electron chi connectivity index (χ1n) is 9.63. The van der Waals surface area contributed by atoms with Gasteiger partial charge in [0.15, 0.2) is 5.78 Å². The first kappa shape index (κ1) is 20.9. The van der Waals surface area contributed by atoms with Crippen LogP contribution in [0.15, 0.2) is 46.9 Å². The van der Waals surface area contributed by atoms with Gasteiger partial charge in [0.1, 0.15) is 17.1 Å². The molecule has 0 spiro atoms. The third-order valence-electron chi connectivity index (χ3n) is 4.48. The van der Waals surface area contributed by atoms with Crippen molar-refractivity contribution in [2.24, 2.45) is 0 Å². The van der Waals surface area contributed by atoms with Gasteiger partial charge in [0.05, 0.1) is 18.4 Å². The van der Waals surface area contributed by atoms with E-state index in [1.54, 1.807) is 42.5 Å². The van der Waals surface area contributed by atoms with Gasteiger partial charge in [0.25, 0.3) is 0 Å². The Morgan fingerprint density at radius 2 is 1.83 bits per heavy atom. The summed E-state index contributed by atoms with van der Waals surface area (Å²) < 4.78 is 37.1. The minimum Gasteiger partial charge on any atom is -0.494 e. The van der Waals surface area contributed by atoms with E-state index >= 15 is 0 Å². The molecular formula is C22H25NO5S. The molecule has 0 atom stereocenters. The van der Waals surface area contributed by atoms with E-state index in [2.05, 4.69) is 11.6 Å². The Bertz CT molecular complexity index is 1110. The van der Waals surface area contributed by atoms with E-state index in [-0.39, 0.29) is 5.78 Å². The zero-order chi connectivity index (χ0) is 21.0. The number of carbonyl (C=O) groups excluding carboxylic acids is 1. The predicted molar refractivity (Wildman–Crippen MR) is 114 cm³/mol. The number of aryl methyl sites for hydroxylation is 1. The van der Waals surface area contributed by atoms with Crippen LogP contribution >= 0.6 is 0 Å². The first-order chi connectivity index (χ1) is 13.8. The van der Waals surface area contributed by atoms with Crippen molar-refractivity contribution >= 4 is 32.5 Å². The Kier molecular flexibility index (Phi) is 6.27. The second-order valence-corrected chi connectivity index (χ2v) is 8.62. The summed E-state index contributed by atoms with van der Waals surface area (Å²) in [4.78, 5) is 13.3. The Balaban J connectivity index is 2.08. The third kappa shape index (κ3) is 4.98. The van der Waals surface area contributed by atoms with E-state index in [1.165, 1.54) is 0 Å². The van der Waals surface area contributed by atoms with E-state index in [0.29, 0.717) is 52.3 Å². The molecule has 6 nitrogen and oxygen atoms in total. The summed E-state index contributed by atoms with van der Waals surface area (Å²) in [5.74, 6) is 1.17. The van der Waals surface area contributed by atoms with Crippen molar-refractivity contribution in [2.75, 3.05) is 17.6 Å². The lowest BCUT2D eigenvalue weighted by atomic mass is 9.98. The molecular weight excluding hydrogens is 390 g/mol. The van der Waals surface area contributed by atoms with Crippen LogP contribution in [0.25, 0.3) is 11.0 Å². The van der Waals surface area contributed by atoms with Crippen LogP contribution in [-0.4, -0.2) is 27.1 Å². The van der Waals surface area contributed by atoms with Gasteiger partial charge in [0, 0.05) is 23.1 Å². The molecule has 0 amide bonds. The molecule has 0 bridgehead atoms. The average Bonchev–Trinajstić information content (AvgIpc) is 3.03. The van der Waals surface area contributed by atoms with E-state index in [1.807, 2.05) is 6.92 Å². The molecule has 1 aromatic heterocycles. The zero-order valence-corrected chi connectivity index (χ0v) is 17.6. The number of ether oxygens (including phenoxy) is 1. The first-order valence-corrected chi connectivity index (χ1v) is 11.5. The highest BCUT2D eigenvalue weighted by molar-refractivity contribution is 7.92.